The van der Waals surface area contributed by atoms with Crippen LogP contribution in [0.4, 0.5) is 0 Å². The van der Waals surface area contributed by atoms with Gasteiger partial charge in [-0.2, -0.15) is 0 Å². The van der Waals surface area contributed by atoms with Crippen molar-refractivity contribution in [3.63, 3.8) is 0 Å². The molecule has 0 aromatic carbocycles. The molecule has 0 amide bonds. The minimum absolute atomic E-state index is 0.116. The average Bonchev–Trinajstić information content (AvgIpc) is 2.35. The van der Waals surface area contributed by atoms with Gasteiger partial charge in [0.05, 0.1) is 11.5 Å². The first-order chi connectivity index (χ1) is 6.83. The number of ether oxygens (including phenoxy) is 1. The predicted molar refractivity (Wildman–Crippen MR) is 60.5 cm³/mol. The lowest BCUT2D eigenvalue weighted by Gasteiger charge is -2.21. The van der Waals surface area contributed by atoms with Crippen LogP contribution in [-0.2, 0) is 14.6 Å². The van der Waals surface area contributed by atoms with Gasteiger partial charge >= 0.3 is 0 Å². The van der Waals surface area contributed by atoms with E-state index in [0.717, 1.165) is 0 Å². The molecule has 0 saturated carbocycles. The van der Waals surface area contributed by atoms with E-state index in [-0.39, 0.29) is 11.5 Å². The zero-order chi connectivity index (χ0) is 11.5. The summed E-state index contributed by atoms with van der Waals surface area (Å²) < 4.78 is 27.9. The molecular weight excluding hydrogens is 214 g/mol. The molecule has 15 heavy (non-hydrogen) atoms. The highest BCUT2D eigenvalue weighted by molar-refractivity contribution is 7.91. The molecule has 1 aliphatic rings. The van der Waals surface area contributed by atoms with Gasteiger partial charge in [-0.25, -0.2) is 8.42 Å². The van der Waals surface area contributed by atoms with Crippen LogP contribution in [0.2, 0.25) is 0 Å². The van der Waals surface area contributed by atoms with Gasteiger partial charge in [0.25, 0.3) is 0 Å². The van der Waals surface area contributed by atoms with Gasteiger partial charge in [-0.3, -0.25) is 0 Å². The van der Waals surface area contributed by atoms with Gasteiger partial charge in [0.2, 0.25) is 0 Å². The summed E-state index contributed by atoms with van der Waals surface area (Å²) in [6.07, 6.45) is 1.21. The fourth-order valence-electron chi connectivity index (χ4n) is 1.73. The van der Waals surface area contributed by atoms with Crippen molar-refractivity contribution in [2.75, 3.05) is 24.7 Å². The van der Waals surface area contributed by atoms with E-state index >= 15 is 0 Å². The molecule has 4 nitrogen and oxygen atoms in total. The van der Waals surface area contributed by atoms with Gasteiger partial charge in [-0.15, -0.1) is 0 Å². The topological polar surface area (TPSA) is 69.4 Å². The SMILES string of the molecule is CC(C)COCCC1(N)CCS(=O)(=O)C1. The second kappa shape index (κ2) is 4.80. The zero-order valence-electron chi connectivity index (χ0n) is 9.53. The van der Waals surface area contributed by atoms with Crippen LogP contribution in [0.25, 0.3) is 0 Å². The maximum Gasteiger partial charge on any atom is 0.152 e. The summed E-state index contributed by atoms with van der Waals surface area (Å²) in [6.45, 7) is 5.43. The van der Waals surface area contributed by atoms with Crippen molar-refractivity contribution in [3.05, 3.63) is 0 Å². The van der Waals surface area contributed by atoms with E-state index in [1.54, 1.807) is 0 Å². The molecule has 1 saturated heterocycles. The Kier molecular flexibility index (Phi) is 4.14. The lowest BCUT2D eigenvalue weighted by molar-refractivity contribution is 0.0959. The largest absolute Gasteiger partial charge is 0.381 e. The third kappa shape index (κ3) is 4.49. The molecule has 1 atom stereocenters. The Morgan fingerprint density at radius 3 is 2.60 bits per heavy atom. The van der Waals surface area contributed by atoms with Crippen molar-refractivity contribution in [1.29, 1.82) is 0 Å². The minimum atomic E-state index is -2.89. The molecule has 0 aromatic heterocycles. The fourth-order valence-corrected chi connectivity index (χ4v) is 3.76. The third-order valence-electron chi connectivity index (χ3n) is 2.61. The lowest BCUT2D eigenvalue weighted by Crippen LogP contribution is -2.42. The Hall–Kier alpha value is -0.130. The molecule has 2 N–H and O–H groups in total. The molecule has 90 valence electrons. The van der Waals surface area contributed by atoms with Crippen LogP contribution in [-0.4, -0.2) is 38.7 Å². The fraction of sp³-hybridized carbons (Fsp3) is 1.00. The molecule has 0 aromatic rings. The smallest absolute Gasteiger partial charge is 0.152 e. The van der Waals surface area contributed by atoms with Gasteiger partial charge in [0, 0.05) is 18.8 Å². The molecule has 0 bridgehead atoms. The highest BCUT2D eigenvalue weighted by Crippen LogP contribution is 2.24. The standard InChI is InChI=1S/C10H21NO3S/c1-9(2)7-14-5-3-10(11)4-6-15(12,13)8-10/h9H,3-8,11H2,1-2H3. The first-order valence-electron chi connectivity index (χ1n) is 5.40. The Morgan fingerprint density at radius 2 is 2.13 bits per heavy atom. The summed E-state index contributed by atoms with van der Waals surface area (Å²) in [5.74, 6) is 0.852. The van der Waals surface area contributed by atoms with Crippen LogP contribution in [0.15, 0.2) is 0 Å². The summed E-state index contributed by atoms with van der Waals surface area (Å²) in [6, 6.07) is 0. The number of nitrogens with two attached hydrogens (primary N) is 1. The Morgan fingerprint density at radius 1 is 1.47 bits per heavy atom. The number of sulfone groups is 1. The second-order valence-electron chi connectivity index (χ2n) is 4.92. The van der Waals surface area contributed by atoms with E-state index in [1.165, 1.54) is 0 Å². The normalized spacial score (nSPS) is 29.9. The van der Waals surface area contributed by atoms with Gasteiger partial charge in [0.15, 0.2) is 9.84 Å². The number of rotatable bonds is 5. The molecule has 1 fully saturated rings. The Bertz CT molecular complexity index is 300. The lowest BCUT2D eigenvalue weighted by atomic mass is 9.97. The first kappa shape index (κ1) is 12.9. The van der Waals surface area contributed by atoms with Crippen LogP contribution in [0.5, 0.6) is 0 Å². The highest BCUT2D eigenvalue weighted by atomic mass is 32.2. The Labute approximate surface area is 92.1 Å². The first-order valence-corrected chi connectivity index (χ1v) is 7.22. The van der Waals surface area contributed by atoms with Crippen molar-refractivity contribution in [2.45, 2.75) is 32.2 Å². The molecule has 1 aliphatic heterocycles. The predicted octanol–water partition coefficient (Wildman–Crippen LogP) is 0.565. The van der Waals surface area contributed by atoms with E-state index in [4.69, 9.17) is 10.5 Å². The van der Waals surface area contributed by atoms with Gasteiger partial charge in [-0.1, -0.05) is 13.8 Å². The van der Waals surface area contributed by atoms with E-state index in [9.17, 15) is 8.42 Å². The Balaban J connectivity index is 2.27. The van der Waals surface area contributed by atoms with Gasteiger partial charge in [0.1, 0.15) is 0 Å². The maximum absolute atomic E-state index is 11.3. The molecule has 1 heterocycles. The summed E-state index contributed by atoms with van der Waals surface area (Å²) in [5, 5.41) is 0. The summed E-state index contributed by atoms with van der Waals surface area (Å²) >= 11 is 0. The molecule has 1 unspecified atom stereocenters. The molecule has 1 rings (SSSR count). The maximum atomic E-state index is 11.3. The van der Waals surface area contributed by atoms with E-state index in [1.807, 2.05) is 0 Å². The van der Waals surface area contributed by atoms with Crippen molar-refractivity contribution in [1.82, 2.24) is 0 Å². The van der Waals surface area contributed by atoms with Crippen LogP contribution in [0, 0.1) is 5.92 Å². The van der Waals surface area contributed by atoms with E-state index < -0.39 is 15.4 Å². The minimum Gasteiger partial charge on any atom is -0.381 e. The van der Waals surface area contributed by atoms with Crippen molar-refractivity contribution < 1.29 is 13.2 Å². The van der Waals surface area contributed by atoms with Crippen LogP contribution in [0.3, 0.4) is 0 Å². The zero-order valence-corrected chi connectivity index (χ0v) is 10.3. The molecule has 5 heteroatoms. The number of hydrogen-bond acceptors (Lipinski definition) is 4. The van der Waals surface area contributed by atoms with Gasteiger partial charge < -0.3 is 10.5 Å². The van der Waals surface area contributed by atoms with E-state index in [2.05, 4.69) is 13.8 Å². The molecule has 0 radical (unpaired) electrons. The van der Waals surface area contributed by atoms with E-state index in [0.29, 0.717) is 32.0 Å². The average molecular weight is 235 g/mol. The monoisotopic (exact) mass is 235 g/mol. The summed E-state index contributed by atoms with van der Waals surface area (Å²) in [5.41, 5.74) is 5.45. The van der Waals surface area contributed by atoms with Crippen molar-refractivity contribution in [3.8, 4) is 0 Å². The van der Waals surface area contributed by atoms with Crippen molar-refractivity contribution >= 4 is 9.84 Å². The van der Waals surface area contributed by atoms with Crippen LogP contribution in [0.1, 0.15) is 26.7 Å². The van der Waals surface area contributed by atoms with Crippen molar-refractivity contribution in [2.24, 2.45) is 11.7 Å². The quantitative estimate of drug-likeness (QED) is 0.707. The summed E-state index contributed by atoms with van der Waals surface area (Å²) in [4.78, 5) is 0. The van der Waals surface area contributed by atoms with Crippen LogP contribution >= 0.6 is 0 Å². The van der Waals surface area contributed by atoms with Gasteiger partial charge in [-0.05, 0) is 18.8 Å². The summed E-state index contributed by atoms with van der Waals surface area (Å²) in [7, 11) is -2.89. The third-order valence-corrected chi connectivity index (χ3v) is 4.45. The highest BCUT2D eigenvalue weighted by Gasteiger charge is 2.38. The van der Waals surface area contributed by atoms with Crippen LogP contribution < -0.4 is 5.73 Å². The molecular formula is C10H21NO3S. The second-order valence-corrected chi connectivity index (χ2v) is 7.11. The number of hydrogen-bond donors (Lipinski definition) is 1. The molecule has 0 spiro atoms. The molecule has 0 aliphatic carbocycles.